The van der Waals surface area contributed by atoms with Gasteiger partial charge < -0.3 is 0 Å². The summed E-state index contributed by atoms with van der Waals surface area (Å²) in [5.41, 5.74) is 0. The van der Waals surface area contributed by atoms with Crippen LogP contribution in [0.2, 0.25) is 0 Å². The molecule has 0 aromatic rings. The largest absolute Gasteiger partial charge is 0.299 e. The molecule has 1 atom stereocenters. The van der Waals surface area contributed by atoms with E-state index in [0.717, 1.165) is 19.1 Å². The molecule has 0 aromatic heterocycles. The van der Waals surface area contributed by atoms with Crippen molar-refractivity contribution in [3.8, 4) is 0 Å². The Bertz CT molecular complexity index is 190. The molecule has 0 radical (unpaired) electrons. The van der Waals surface area contributed by atoms with Gasteiger partial charge in [0.1, 0.15) is 6.29 Å². The highest BCUT2D eigenvalue weighted by molar-refractivity contribution is 5.64. The molecule has 0 heterocycles. The first-order chi connectivity index (χ1) is 7.35. The number of hydrogen-bond donors (Lipinski definition) is 0. The van der Waals surface area contributed by atoms with E-state index >= 15 is 0 Å². The molecule has 0 saturated carbocycles. The van der Waals surface area contributed by atoms with Crippen LogP contribution in [0.25, 0.3) is 0 Å². The molecule has 3 heteroatoms. The second kappa shape index (κ2) is 11.1. The van der Waals surface area contributed by atoms with Crippen molar-refractivity contribution in [2.24, 2.45) is 5.18 Å². The van der Waals surface area contributed by atoms with Crippen molar-refractivity contribution in [1.29, 1.82) is 0 Å². The Hall–Kier alpha value is -0.990. The van der Waals surface area contributed by atoms with Crippen LogP contribution in [0.5, 0.6) is 0 Å². The molecule has 3 nitrogen and oxygen atoms in total. The number of hydrogen-bond acceptors (Lipinski definition) is 3. The van der Waals surface area contributed by atoms with Crippen molar-refractivity contribution in [3.05, 3.63) is 17.1 Å². The van der Waals surface area contributed by atoms with E-state index in [9.17, 15) is 9.70 Å². The van der Waals surface area contributed by atoms with Gasteiger partial charge in [0, 0.05) is 0 Å². The fourth-order valence-electron chi connectivity index (χ4n) is 1.49. The Morgan fingerprint density at radius 1 is 1.20 bits per heavy atom. The van der Waals surface area contributed by atoms with Gasteiger partial charge in [0.15, 0.2) is 0 Å². The van der Waals surface area contributed by atoms with Gasteiger partial charge in [-0.15, -0.1) is 0 Å². The van der Waals surface area contributed by atoms with Crippen LogP contribution in [0.15, 0.2) is 17.3 Å². The second-order valence-electron chi connectivity index (χ2n) is 3.76. The Labute approximate surface area is 91.9 Å². The summed E-state index contributed by atoms with van der Waals surface area (Å²) < 4.78 is 0. The minimum Gasteiger partial charge on any atom is -0.299 e. The van der Waals surface area contributed by atoms with Crippen molar-refractivity contribution in [2.45, 2.75) is 57.9 Å². The molecule has 0 aliphatic rings. The van der Waals surface area contributed by atoms with Gasteiger partial charge in [0.2, 0.25) is 0 Å². The van der Waals surface area contributed by atoms with Gasteiger partial charge in [-0.3, -0.25) is 4.79 Å². The number of allylic oxidation sites excluding steroid dienone is 1. The first-order valence-corrected chi connectivity index (χ1v) is 5.77. The number of nitrogens with zero attached hydrogens (tertiary/aromatic N) is 1. The second-order valence-corrected chi connectivity index (χ2v) is 3.76. The standard InChI is InChI=1S/C12H21NO2/c1-2-3-4-5-6-9-12(13-15)10-7-8-11-14/h7-8,11-12H,2-6,9-10H2,1H3/b8-7-. The summed E-state index contributed by atoms with van der Waals surface area (Å²) in [6.07, 6.45) is 11.3. The van der Waals surface area contributed by atoms with Gasteiger partial charge in [0.05, 0.1) is 6.04 Å². The summed E-state index contributed by atoms with van der Waals surface area (Å²) in [6, 6.07) is -0.150. The molecule has 0 fully saturated rings. The summed E-state index contributed by atoms with van der Waals surface area (Å²) in [6.45, 7) is 2.18. The molecule has 0 aromatic carbocycles. The van der Waals surface area contributed by atoms with Crippen LogP contribution in [-0.4, -0.2) is 12.3 Å². The van der Waals surface area contributed by atoms with Crippen LogP contribution in [-0.2, 0) is 4.79 Å². The number of aldehydes is 1. The average Bonchev–Trinajstić information content (AvgIpc) is 2.26. The molecular weight excluding hydrogens is 190 g/mol. The average molecular weight is 211 g/mol. The fourth-order valence-corrected chi connectivity index (χ4v) is 1.49. The lowest BCUT2D eigenvalue weighted by Crippen LogP contribution is -2.01. The zero-order valence-electron chi connectivity index (χ0n) is 9.52. The quantitative estimate of drug-likeness (QED) is 0.240. The number of carbonyl (C=O) groups is 1. The number of carbonyl (C=O) groups excluding carboxylic acids is 1. The van der Waals surface area contributed by atoms with Gasteiger partial charge >= 0.3 is 0 Å². The summed E-state index contributed by atoms with van der Waals surface area (Å²) in [7, 11) is 0. The zero-order valence-corrected chi connectivity index (χ0v) is 9.52. The van der Waals surface area contributed by atoms with Crippen LogP contribution >= 0.6 is 0 Å². The van der Waals surface area contributed by atoms with Crippen molar-refractivity contribution < 1.29 is 4.79 Å². The van der Waals surface area contributed by atoms with Crippen LogP contribution in [0.1, 0.15) is 51.9 Å². The summed E-state index contributed by atoms with van der Waals surface area (Å²) in [5.74, 6) is 0. The van der Waals surface area contributed by atoms with Gasteiger partial charge in [-0.1, -0.05) is 50.3 Å². The van der Waals surface area contributed by atoms with E-state index in [1.165, 1.54) is 31.8 Å². The van der Waals surface area contributed by atoms with Crippen molar-refractivity contribution in [2.75, 3.05) is 0 Å². The van der Waals surface area contributed by atoms with Crippen molar-refractivity contribution in [1.82, 2.24) is 0 Å². The maximum Gasteiger partial charge on any atom is 0.142 e. The van der Waals surface area contributed by atoms with Gasteiger partial charge in [-0.2, -0.15) is 4.91 Å². The molecule has 0 spiro atoms. The molecular formula is C12H21NO2. The third-order valence-electron chi connectivity index (χ3n) is 2.41. The molecule has 0 rings (SSSR count). The fraction of sp³-hybridized carbons (Fsp3) is 0.750. The molecule has 0 aliphatic carbocycles. The highest BCUT2D eigenvalue weighted by atomic mass is 16.3. The molecule has 15 heavy (non-hydrogen) atoms. The first kappa shape index (κ1) is 14.0. The third kappa shape index (κ3) is 9.32. The van der Waals surface area contributed by atoms with Gasteiger partial charge in [0.25, 0.3) is 0 Å². The van der Waals surface area contributed by atoms with E-state index in [2.05, 4.69) is 12.1 Å². The molecule has 0 N–H and O–H groups in total. The lowest BCUT2D eigenvalue weighted by molar-refractivity contribution is -0.104. The summed E-state index contributed by atoms with van der Waals surface area (Å²) in [5, 5.41) is 3.06. The molecule has 0 saturated heterocycles. The Balaban J connectivity index is 3.48. The van der Waals surface area contributed by atoms with Crippen LogP contribution in [0, 0.1) is 4.91 Å². The van der Waals surface area contributed by atoms with E-state index in [0.29, 0.717) is 6.42 Å². The maximum atomic E-state index is 10.4. The van der Waals surface area contributed by atoms with Gasteiger partial charge in [-0.05, 0) is 18.9 Å². The van der Waals surface area contributed by atoms with E-state index in [-0.39, 0.29) is 6.04 Å². The maximum absolute atomic E-state index is 10.4. The van der Waals surface area contributed by atoms with Crippen LogP contribution in [0.3, 0.4) is 0 Å². The lowest BCUT2D eigenvalue weighted by Gasteiger charge is -2.05. The number of unbranched alkanes of at least 4 members (excludes halogenated alkanes) is 4. The molecule has 1 unspecified atom stereocenters. The summed E-state index contributed by atoms with van der Waals surface area (Å²) in [4.78, 5) is 20.5. The van der Waals surface area contributed by atoms with E-state index in [4.69, 9.17) is 0 Å². The van der Waals surface area contributed by atoms with Crippen LogP contribution < -0.4 is 0 Å². The smallest absolute Gasteiger partial charge is 0.142 e. The zero-order chi connectivity index (χ0) is 11.4. The topological polar surface area (TPSA) is 46.5 Å². The number of rotatable bonds is 10. The van der Waals surface area contributed by atoms with Crippen LogP contribution in [0.4, 0.5) is 0 Å². The van der Waals surface area contributed by atoms with Crippen molar-refractivity contribution in [3.63, 3.8) is 0 Å². The highest BCUT2D eigenvalue weighted by Crippen LogP contribution is 2.12. The predicted molar refractivity (Wildman–Crippen MR) is 62.8 cm³/mol. The normalized spacial score (nSPS) is 12.9. The number of nitroso groups, excluding NO2 is 1. The highest BCUT2D eigenvalue weighted by Gasteiger charge is 2.05. The molecule has 0 aliphatic heterocycles. The minimum absolute atomic E-state index is 0.150. The van der Waals surface area contributed by atoms with Crippen molar-refractivity contribution >= 4 is 6.29 Å². The monoisotopic (exact) mass is 211 g/mol. The molecule has 86 valence electrons. The van der Waals surface area contributed by atoms with Gasteiger partial charge in [-0.25, -0.2) is 0 Å². The Morgan fingerprint density at radius 3 is 2.53 bits per heavy atom. The van der Waals surface area contributed by atoms with E-state index in [1.54, 1.807) is 6.08 Å². The van der Waals surface area contributed by atoms with E-state index < -0.39 is 0 Å². The minimum atomic E-state index is -0.150. The third-order valence-corrected chi connectivity index (χ3v) is 2.41. The Morgan fingerprint density at radius 2 is 1.93 bits per heavy atom. The predicted octanol–water partition coefficient (Wildman–Crippen LogP) is 3.63. The Kier molecular flexibility index (Phi) is 10.4. The SMILES string of the molecule is CCCCCCCC(C/C=C\C=O)N=O. The first-order valence-electron chi connectivity index (χ1n) is 5.77. The molecule has 0 amide bonds. The summed E-state index contributed by atoms with van der Waals surface area (Å²) >= 11 is 0. The lowest BCUT2D eigenvalue weighted by atomic mass is 10.0. The molecule has 0 bridgehead atoms. The van der Waals surface area contributed by atoms with E-state index in [1.807, 2.05) is 0 Å².